The lowest BCUT2D eigenvalue weighted by Crippen LogP contribution is -2.44. The Morgan fingerprint density at radius 2 is 1.67 bits per heavy atom. The van der Waals surface area contributed by atoms with Gasteiger partial charge in [0.2, 0.25) is 5.91 Å². The van der Waals surface area contributed by atoms with Gasteiger partial charge >= 0.3 is 0 Å². The minimum absolute atomic E-state index is 0.139. The monoisotopic (exact) mass is 427 g/mol. The van der Waals surface area contributed by atoms with E-state index >= 15 is 0 Å². The van der Waals surface area contributed by atoms with Crippen molar-refractivity contribution < 1.29 is 14.4 Å². The third-order valence-corrected chi connectivity index (χ3v) is 7.04. The summed E-state index contributed by atoms with van der Waals surface area (Å²) in [5, 5.41) is -0.362. The van der Waals surface area contributed by atoms with E-state index < -0.39 is 0 Å². The molecule has 0 atom stereocenters. The Bertz CT molecular complexity index is 870. The lowest BCUT2D eigenvalue weighted by Gasteiger charge is -2.29. The first-order chi connectivity index (χ1) is 14.5. The Labute approximate surface area is 182 Å². The van der Waals surface area contributed by atoms with Crippen LogP contribution in [0.15, 0.2) is 23.1 Å². The molecule has 3 fully saturated rings. The van der Waals surface area contributed by atoms with Gasteiger partial charge in [0.05, 0.1) is 4.91 Å². The Kier molecular flexibility index (Phi) is 6.46. The highest BCUT2D eigenvalue weighted by atomic mass is 32.2. The van der Waals surface area contributed by atoms with Crippen molar-refractivity contribution in [3.8, 4) is 0 Å². The second-order valence-electron chi connectivity index (χ2n) is 8.30. The highest BCUT2D eigenvalue weighted by molar-refractivity contribution is 8.18. The second kappa shape index (κ2) is 9.25. The number of benzene rings is 1. The molecular weight excluding hydrogens is 398 g/mol. The number of nitrogens with zero attached hydrogens (tertiary/aromatic N) is 3. The summed E-state index contributed by atoms with van der Waals surface area (Å²) in [6.07, 6.45) is 8.63. The van der Waals surface area contributed by atoms with E-state index in [9.17, 15) is 14.4 Å². The van der Waals surface area contributed by atoms with Crippen LogP contribution in [0.1, 0.15) is 49.7 Å². The second-order valence-corrected chi connectivity index (χ2v) is 9.29. The van der Waals surface area contributed by atoms with E-state index in [1.54, 1.807) is 11.0 Å². The van der Waals surface area contributed by atoms with Crippen LogP contribution in [0.3, 0.4) is 0 Å². The summed E-state index contributed by atoms with van der Waals surface area (Å²) in [7, 11) is 0. The first-order valence-electron chi connectivity index (χ1n) is 10.9. The van der Waals surface area contributed by atoms with Crippen LogP contribution >= 0.6 is 11.8 Å². The van der Waals surface area contributed by atoms with Gasteiger partial charge in [-0.25, -0.2) is 0 Å². The Hall–Kier alpha value is -2.28. The summed E-state index contributed by atoms with van der Waals surface area (Å²) in [5.74, 6) is -0.504. The Balaban J connectivity index is 1.45. The third kappa shape index (κ3) is 4.56. The van der Waals surface area contributed by atoms with Crippen LogP contribution in [0, 0.1) is 6.92 Å². The van der Waals surface area contributed by atoms with Crippen molar-refractivity contribution in [1.82, 2.24) is 9.80 Å². The van der Waals surface area contributed by atoms with Crippen molar-refractivity contribution in [2.75, 3.05) is 37.6 Å². The molecule has 3 aliphatic heterocycles. The van der Waals surface area contributed by atoms with Gasteiger partial charge in [0.1, 0.15) is 6.54 Å². The normalized spacial score (nSPS) is 21.6. The van der Waals surface area contributed by atoms with E-state index in [4.69, 9.17) is 0 Å². The SMILES string of the molecule is Cc1cc(N2CCCCC2)ccc1/C=C1\SC(=O)N(CC(=O)N2CCCCC2)C1=O. The number of amides is 3. The molecule has 1 aromatic carbocycles. The average Bonchev–Trinajstić information content (AvgIpc) is 3.03. The van der Waals surface area contributed by atoms with Crippen molar-refractivity contribution in [3.63, 3.8) is 0 Å². The molecule has 7 heteroatoms. The number of hydrogen-bond acceptors (Lipinski definition) is 5. The highest BCUT2D eigenvalue weighted by Crippen LogP contribution is 2.33. The predicted octanol–water partition coefficient (Wildman–Crippen LogP) is 4.03. The van der Waals surface area contributed by atoms with Gasteiger partial charge < -0.3 is 9.80 Å². The zero-order valence-corrected chi connectivity index (χ0v) is 18.4. The highest BCUT2D eigenvalue weighted by Gasteiger charge is 2.37. The van der Waals surface area contributed by atoms with E-state index in [0.717, 1.165) is 60.1 Å². The van der Waals surface area contributed by atoms with Crippen LogP contribution in [0.4, 0.5) is 10.5 Å². The van der Waals surface area contributed by atoms with Crippen LogP contribution in [-0.4, -0.2) is 59.6 Å². The third-order valence-electron chi connectivity index (χ3n) is 6.14. The molecule has 0 N–H and O–H groups in total. The standard InChI is InChI=1S/C23H29N3O3S/c1-17-14-19(24-10-4-2-5-11-24)9-8-18(17)15-20-22(28)26(23(29)30-20)16-21(27)25-12-6-3-7-13-25/h8-9,14-15H,2-7,10-13,16H2,1H3/b20-15-. The largest absolute Gasteiger partial charge is 0.372 e. The fraction of sp³-hybridized carbons (Fsp3) is 0.522. The molecule has 3 aliphatic rings. The van der Waals surface area contributed by atoms with Crippen molar-refractivity contribution in [2.45, 2.75) is 45.4 Å². The fourth-order valence-corrected chi connectivity index (χ4v) is 5.16. The van der Waals surface area contributed by atoms with E-state index in [0.29, 0.717) is 18.0 Å². The van der Waals surface area contributed by atoms with Crippen LogP contribution in [-0.2, 0) is 9.59 Å². The topological polar surface area (TPSA) is 60.9 Å². The summed E-state index contributed by atoms with van der Waals surface area (Å²) in [6.45, 7) is 5.48. The first-order valence-corrected chi connectivity index (χ1v) is 11.7. The number of carbonyl (C=O) groups is 3. The summed E-state index contributed by atoms with van der Waals surface area (Å²) in [4.78, 5) is 43.3. The first kappa shape index (κ1) is 21.0. The number of carbonyl (C=O) groups excluding carboxylic acids is 3. The number of anilines is 1. The van der Waals surface area contributed by atoms with Crippen LogP contribution < -0.4 is 4.90 Å². The molecular formula is C23H29N3O3S. The molecule has 0 spiro atoms. The lowest BCUT2D eigenvalue weighted by molar-refractivity contribution is -0.136. The van der Waals surface area contributed by atoms with Gasteiger partial charge in [0.15, 0.2) is 0 Å². The van der Waals surface area contributed by atoms with Crippen molar-refractivity contribution in [2.24, 2.45) is 0 Å². The van der Waals surface area contributed by atoms with Gasteiger partial charge in [-0.05, 0) is 86.5 Å². The smallest absolute Gasteiger partial charge is 0.294 e. The minimum atomic E-state index is -0.366. The molecule has 0 saturated carbocycles. The maximum Gasteiger partial charge on any atom is 0.294 e. The number of thioether (sulfide) groups is 1. The zero-order chi connectivity index (χ0) is 21.1. The van der Waals surface area contributed by atoms with Gasteiger partial charge in [-0.3, -0.25) is 19.3 Å². The molecule has 6 nitrogen and oxygen atoms in total. The molecule has 4 rings (SSSR count). The molecule has 3 saturated heterocycles. The molecule has 1 aromatic rings. The van der Waals surface area contributed by atoms with Crippen molar-refractivity contribution >= 4 is 40.6 Å². The maximum atomic E-state index is 12.8. The van der Waals surface area contributed by atoms with Gasteiger partial charge in [0.25, 0.3) is 11.1 Å². The summed E-state index contributed by atoms with van der Waals surface area (Å²) >= 11 is 0.924. The summed E-state index contributed by atoms with van der Waals surface area (Å²) in [5.41, 5.74) is 3.22. The Morgan fingerprint density at radius 1 is 1.00 bits per heavy atom. The molecule has 3 amide bonds. The number of likely N-dealkylation sites (tertiary alicyclic amines) is 1. The van der Waals surface area contributed by atoms with Gasteiger partial charge in [0, 0.05) is 31.9 Å². The predicted molar refractivity (Wildman–Crippen MR) is 120 cm³/mol. The number of piperidine rings is 2. The Morgan fingerprint density at radius 3 is 2.33 bits per heavy atom. The van der Waals surface area contributed by atoms with Gasteiger partial charge in [-0.1, -0.05) is 6.07 Å². The molecule has 0 aromatic heterocycles. The number of rotatable bonds is 4. The fourth-order valence-electron chi connectivity index (χ4n) is 4.33. The number of hydrogen-bond donors (Lipinski definition) is 0. The van der Waals surface area contributed by atoms with Crippen LogP contribution in [0.5, 0.6) is 0 Å². The van der Waals surface area contributed by atoms with E-state index in [2.05, 4.69) is 17.0 Å². The quantitative estimate of drug-likeness (QED) is 0.679. The lowest BCUT2D eigenvalue weighted by atomic mass is 10.0. The van der Waals surface area contributed by atoms with Crippen LogP contribution in [0.2, 0.25) is 0 Å². The number of aryl methyl sites for hydroxylation is 1. The minimum Gasteiger partial charge on any atom is -0.372 e. The van der Waals surface area contributed by atoms with E-state index in [1.807, 2.05) is 13.0 Å². The van der Waals surface area contributed by atoms with E-state index in [-0.39, 0.29) is 23.6 Å². The molecule has 0 aliphatic carbocycles. The van der Waals surface area contributed by atoms with Crippen molar-refractivity contribution in [3.05, 3.63) is 34.2 Å². The molecule has 3 heterocycles. The van der Waals surface area contributed by atoms with Crippen molar-refractivity contribution in [1.29, 1.82) is 0 Å². The molecule has 30 heavy (non-hydrogen) atoms. The maximum absolute atomic E-state index is 12.8. The average molecular weight is 428 g/mol. The molecule has 0 unspecified atom stereocenters. The summed E-state index contributed by atoms with van der Waals surface area (Å²) in [6, 6.07) is 6.27. The van der Waals surface area contributed by atoms with Gasteiger partial charge in [-0.15, -0.1) is 0 Å². The molecule has 0 bridgehead atoms. The van der Waals surface area contributed by atoms with Crippen LogP contribution in [0.25, 0.3) is 6.08 Å². The summed E-state index contributed by atoms with van der Waals surface area (Å²) < 4.78 is 0. The molecule has 160 valence electrons. The number of imide groups is 1. The van der Waals surface area contributed by atoms with E-state index in [1.165, 1.54) is 24.9 Å². The zero-order valence-electron chi connectivity index (χ0n) is 17.6. The molecule has 0 radical (unpaired) electrons. The van der Waals surface area contributed by atoms with Gasteiger partial charge in [-0.2, -0.15) is 0 Å².